The molecule has 0 aliphatic heterocycles. The van der Waals surface area contributed by atoms with E-state index in [1.165, 1.54) is 6.08 Å². The highest BCUT2D eigenvalue weighted by Gasteiger charge is 2.26. The largest absolute Gasteiger partial charge is 0.371 e. The molecule has 0 fully saturated rings. The molecule has 10 heavy (non-hydrogen) atoms. The van der Waals surface area contributed by atoms with E-state index in [1.807, 2.05) is 0 Å². The fraction of sp³-hybridized carbons (Fsp3) is 0.667. The van der Waals surface area contributed by atoms with Crippen molar-refractivity contribution >= 4 is 0 Å². The Morgan fingerprint density at radius 1 is 1.60 bits per heavy atom. The van der Waals surface area contributed by atoms with Gasteiger partial charge < -0.3 is 10.5 Å². The Morgan fingerprint density at radius 3 is 2.60 bits per heavy atom. The van der Waals surface area contributed by atoms with E-state index in [9.17, 15) is 8.78 Å². The zero-order valence-electron chi connectivity index (χ0n) is 5.65. The van der Waals surface area contributed by atoms with Crippen LogP contribution < -0.4 is 5.73 Å². The second kappa shape index (κ2) is 4.35. The molecule has 0 unspecified atom stereocenters. The van der Waals surface area contributed by atoms with Crippen LogP contribution in [0.5, 0.6) is 0 Å². The third-order valence-electron chi connectivity index (χ3n) is 0.848. The lowest BCUT2D eigenvalue weighted by Gasteiger charge is -2.12. The van der Waals surface area contributed by atoms with Crippen LogP contribution in [0.15, 0.2) is 12.7 Å². The summed E-state index contributed by atoms with van der Waals surface area (Å²) >= 11 is 0. The Labute approximate surface area is 58.7 Å². The van der Waals surface area contributed by atoms with Crippen molar-refractivity contribution in [3.05, 3.63) is 12.7 Å². The van der Waals surface area contributed by atoms with Gasteiger partial charge in [0.15, 0.2) is 0 Å². The minimum absolute atomic E-state index is 0.135. The van der Waals surface area contributed by atoms with Gasteiger partial charge in [0.2, 0.25) is 0 Å². The van der Waals surface area contributed by atoms with E-state index >= 15 is 0 Å². The van der Waals surface area contributed by atoms with Crippen molar-refractivity contribution in [3.8, 4) is 0 Å². The lowest BCUT2D eigenvalue weighted by atomic mass is 10.4. The molecule has 0 radical (unpaired) electrons. The molecular formula is C6H11F2NO. The Kier molecular flexibility index (Phi) is 4.14. The van der Waals surface area contributed by atoms with Crippen LogP contribution in [0.4, 0.5) is 8.78 Å². The Morgan fingerprint density at radius 2 is 2.20 bits per heavy atom. The van der Waals surface area contributed by atoms with Crippen molar-refractivity contribution in [1.82, 2.24) is 0 Å². The molecule has 0 aromatic carbocycles. The van der Waals surface area contributed by atoms with Gasteiger partial charge in [0, 0.05) is 0 Å². The maximum atomic E-state index is 12.2. The number of hydrogen-bond acceptors (Lipinski definition) is 2. The summed E-state index contributed by atoms with van der Waals surface area (Å²) in [7, 11) is 0. The topological polar surface area (TPSA) is 35.2 Å². The maximum Gasteiger partial charge on any atom is 0.282 e. The number of ether oxygens (including phenoxy) is 1. The molecule has 2 N–H and O–H groups in total. The van der Waals surface area contributed by atoms with Crippen LogP contribution >= 0.6 is 0 Å². The van der Waals surface area contributed by atoms with Gasteiger partial charge in [-0.2, -0.15) is 0 Å². The van der Waals surface area contributed by atoms with Crippen molar-refractivity contribution in [2.45, 2.75) is 5.92 Å². The second-order valence-electron chi connectivity index (χ2n) is 1.86. The number of nitrogens with two attached hydrogens (primary N) is 1. The molecule has 0 atom stereocenters. The van der Waals surface area contributed by atoms with Crippen LogP contribution in [0.3, 0.4) is 0 Å². The van der Waals surface area contributed by atoms with E-state index in [4.69, 9.17) is 5.73 Å². The van der Waals surface area contributed by atoms with E-state index in [0.29, 0.717) is 0 Å². The zero-order chi connectivity index (χ0) is 8.04. The van der Waals surface area contributed by atoms with Gasteiger partial charge in [-0.3, -0.25) is 0 Å². The summed E-state index contributed by atoms with van der Waals surface area (Å²) in [5, 5.41) is 0. The highest BCUT2D eigenvalue weighted by molar-refractivity contribution is 4.68. The van der Waals surface area contributed by atoms with Crippen LogP contribution in [-0.2, 0) is 4.74 Å². The predicted octanol–water partition coefficient (Wildman–Crippen LogP) is 0.783. The Balaban J connectivity index is 3.36. The molecule has 0 aliphatic rings. The van der Waals surface area contributed by atoms with Crippen molar-refractivity contribution in [1.29, 1.82) is 0 Å². The molecule has 2 nitrogen and oxygen atoms in total. The van der Waals surface area contributed by atoms with Gasteiger partial charge in [0.1, 0.15) is 6.61 Å². The van der Waals surface area contributed by atoms with E-state index in [1.54, 1.807) is 0 Å². The summed E-state index contributed by atoms with van der Waals surface area (Å²) in [5.74, 6) is -2.90. The molecule has 0 aromatic rings. The Bertz CT molecular complexity index is 106. The summed E-state index contributed by atoms with van der Waals surface area (Å²) in [5.41, 5.74) is 4.73. The first-order chi connectivity index (χ1) is 4.62. The molecule has 0 rings (SSSR count). The van der Waals surface area contributed by atoms with Crippen LogP contribution in [0.2, 0.25) is 0 Å². The summed E-state index contributed by atoms with van der Waals surface area (Å²) in [4.78, 5) is 0. The molecule has 0 aliphatic carbocycles. The lowest BCUT2D eigenvalue weighted by Crippen LogP contribution is -2.33. The van der Waals surface area contributed by atoms with Gasteiger partial charge in [-0.15, -0.1) is 6.58 Å². The average Bonchev–Trinajstić information content (AvgIpc) is 1.89. The summed E-state index contributed by atoms with van der Waals surface area (Å²) in [6.45, 7) is 2.13. The third kappa shape index (κ3) is 4.40. The summed E-state index contributed by atoms with van der Waals surface area (Å²) < 4.78 is 28.9. The van der Waals surface area contributed by atoms with Crippen molar-refractivity contribution in [2.75, 3.05) is 19.8 Å². The fourth-order valence-corrected chi connectivity index (χ4v) is 0.351. The fourth-order valence-electron chi connectivity index (χ4n) is 0.351. The molecule has 0 aromatic heterocycles. The first-order valence-electron chi connectivity index (χ1n) is 2.89. The van der Waals surface area contributed by atoms with Crippen LogP contribution in [0.1, 0.15) is 0 Å². The monoisotopic (exact) mass is 151 g/mol. The van der Waals surface area contributed by atoms with E-state index in [-0.39, 0.29) is 6.61 Å². The standard InChI is InChI=1S/C6H11F2NO/c1-2-3-10-5-6(7,8)4-9/h2H,1,3-5,9H2. The van der Waals surface area contributed by atoms with Gasteiger partial charge in [0.25, 0.3) is 5.92 Å². The van der Waals surface area contributed by atoms with E-state index < -0.39 is 19.1 Å². The lowest BCUT2D eigenvalue weighted by molar-refractivity contribution is -0.0633. The minimum Gasteiger partial charge on any atom is -0.371 e. The number of alkyl halides is 2. The summed E-state index contributed by atoms with van der Waals surface area (Å²) in [6.07, 6.45) is 1.41. The average molecular weight is 151 g/mol. The first-order valence-corrected chi connectivity index (χ1v) is 2.89. The van der Waals surface area contributed by atoms with Crippen LogP contribution in [0, 0.1) is 0 Å². The van der Waals surface area contributed by atoms with Gasteiger partial charge in [0.05, 0.1) is 13.2 Å². The van der Waals surface area contributed by atoms with Gasteiger partial charge in [-0.25, -0.2) is 8.78 Å². The molecule has 0 heterocycles. The van der Waals surface area contributed by atoms with Crippen LogP contribution in [0.25, 0.3) is 0 Å². The summed E-state index contributed by atoms with van der Waals surface area (Å²) in [6, 6.07) is 0. The number of hydrogen-bond donors (Lipinski definition) is 1. The Hall–Kier alpha value is -0.480. The van der Waals surface area contributed by atoms with Gasteiger partial charge >= 0.3 is 0 Å². The molecule has 0 bridgehead atoms. The highest BCUT2D eigenvalue weighted by Crippen LogP contribution is 2.10. The quantitative estimate of drug-likeness (QED) is 0.465. The predicted molar refractivity (Wildman–Crippen MR) is 35.0 cm³/mol. The van der Waals surface area contributed by atoms with Crippen molar-refractivity contribution < 1.29 is 13.5 Å². The molecule has 0 amide bonds. The zero-order valence-corrected chi connectivity index (χ0v) is 5.65. The number of rotatable bonds is 5. The molecule has 4 heteroatoms. The van der Waals surface area contributed by atoms with E-state index in [0.717, 1.165) is 0 Å². The van der Waals surface area contributed by atoms with Crippen LogP contribution in [-0.4, -0.2) is 25.7 Å². The second-order valence-corrected chi connectivity index (χ2v) is 1.86. The molecule has 0 spiro atoms. The minimum atomic E-state index is -2.90. The molecular weight excluding hydrogens is 140 g/mol. The SMILES string of the molecule is C=CCOCC(F)(F)CN. The van der Waals surface area contributed by atoms with Gasteiger partial charge in [-0.05, 0) is 0 Å². The molecule has 0 saturated heterocycles. The third-order valence-corrected chi connectivity index (χ3v) is 0.848. The highest BCUT2D eigenvalue weighted by atomic mass is 19.3. The van der Waals surface area contributed by atoms with Gasteiger partial charge in [-0.1, -0.05) is 6.08 Å². The van der Waals surface area contributed by atoms with Crippen molar-refractivity contribution in [3.63, 3.8) is 0 Å². The maximum absolute atomic E-state index is 12.2. The van der Waals surface area contributed by atoms with Crippen molar-refractivity contribution in [2.24, 2.45) is 5.73 Å². The smallest absolute Gasteiger partial charge is 0.282 e. The number of halogens is 2. The molecule has 60 valence electrons. The first kappa shape index (κ1) is 9.52. The van der Waals surface area contributed by atoms with E-state index in [2.05, 4.69) is 11.3 Å². The molecule has 0 saturated carbocycles. The normalized spacial score (nSPS) is 11.5.